The van der Waals surface area contributed by atoms with Gasteiger partial charge < -0.3 is 35.2 Å². The van der Waals surface area contributed by atoms with Crippen LogP contribution in [0.4, 0.5) is 5.82 Å². The fraction of sp³-hybridized carbons (Fsp3) is 0.564. The normalized spacial score (nSPS) is 20.0. The second-order valence-corrected chi connectivity index (χ2v) is 15.9. The number of carbonyl (C=O) groups is 3. The van der Waals surface area contributed by atoms with Crippen LogP contribution in [0, 0.1) is 12.3 Å². The zero-order valence-electron chi connectivity index (χ0n) is 32.2. The van der Waals surface area contributed by atoms with E-state index in [1.165, 1.54) is 0 Å². The van der Waals surface area contributed by atoms with Crippen molar-refractivity contribution in [3.8, 4) is 10.4 Å². The molecule has 2 aliphatic rings. The van der Waals surface area contributed by atoms with Crippen molar-refractivity contribution in [2.24, 2.45) is 5.41 Å². The number of thiazole rings is 1. The van der Waals surface area contributed by atoms with Crippen molar-refractivity contribution in [3.63, 3.8) is 0 Å². The highest BCUT2D eigenvalue weighted by molar-refractivity contribution is 7.13. The monoisotopic (exact) mass is 765 g/mol. The summed E-state index contributed by atoms with van der Waals surface area (Å²) in [5.41, 5.74) is 4.64. The summed E-state index contributed by atoms with van der Waals surface area (Å²) in [4.78, 5) is 54.5. The molecule has 2 fully saturated rings. The van der Waals surface area contributed by atoms with E-state index < -0.39 is 29.8 Å². The number of aliphatic hydroxyl groups excluding tert-OH is 2. The van der Waals surface area contributed by atoms with Crippen LogP contribution in [0.5, 0.6) is 0 Å². The lowest BCUT2D eigenvalue weighted by atomic mass is 9.85. The lowest BCUT2D eigenvalue weighted by molar-refractivity contribution is -0.137. The molecule has 5 atom stereocenters. The predicted molar refractivity (Wildman–Crippen MR) is 207 cm³/mol. The summed E-state index contributed by atoms with van der Waals surface area (Å²) in [6.45, 7) is 15.7. The highest BCUT2D eigenvalue weighted by Crippen LogP contribution is 2.31. The summed E-state index contributed by atoms with van der Waals surface area (Å²) in [7, 11) is 0. The van der Waals surface area contributed by atoms with Crippen LogP contribution < -0.4 is 15.5 Å². The molecule has 0 spiro atoms. The molecule has 14 nitrogen and oxygen atoms in total. The third-order valence-electron chi connectivity index (χ3n) is 10.0. The number of carbonyl (C=O) groups excluding carboxylic acids is 3. The first-order valence-electron chi connectivity index (χ1n) is 18.6. The number of hydrogen-bond acceptors (Lipinski definition) is 13. The van der Waals surface area contributed by atoms with E-state index in [1.807, 2.05) is 70.5 Å². The number of ether oxygens (including phenoxy) is 2. The van der Waals surface area contributed by atoms with E-state index in [1.54, 1.807) is 35.4 Å². The first-order chi connectivity index (χ1) is 25.7. The number of esters is 1. The number of nitrogens with one attached hydrogen (secondary N) is 2. The number of aryl methyl sites for hydroxylation is 1. The molecule has 54 heavy (non-hydrogen) atoms. The van der Waals surface area contributed by atoms with Gasteiger partial charge in [0, 0.05) is 45.5 Å². The fourth-order valence-corrected chi connectivity index (χ4v) is 7.71. The molecule has 2 aliphatic heterocycles. The summed E-state index contributed by atoms with van der Waals surface area (Å²) >= 11 is 1.59. The smallest absolute Gasteiger partial charge is 0.339 e. The van der Waals surface area contributed by atoms with Gasteiger partial charge in [-0.15, -0.1) is 11.3 Å². The number of aromatic nitrogens is 2. The van der Waals surface area contributed by atoms with Crippen molar-refractivity contribution in [3.05, 3.63) is 64.9 Å². The number of aliphatic hydroxyl groups is 2. The van der Waals surface area contributed by atoms with Crippen LogP contribution in [-0.4, -0.2) is 131 Å². The molecule has 0 saturated carbocycles. The van der Waals surface area contributed by atoms with Crippen LogP contribution in [0.1, 0.15) is 68.7 Å². The van der Waals surface area contributed by atoms with Gasteiger partial charge in [0.15, 0.2) is 0 Å². The van der Waals surface area contributed by atoms with E-state index in [-0.39, 0.29) is 43.4 Å². The number of likely N-dealkylation sites (tertiary alicyclic amines) is 1. The van der Waals surface area contributed by atoms with Gasteiger partial charge in [0.05, 0.1) is 59.1 Å². The van der Waals surface area contributed by atoms with E-state index in [4.69, 9.17) is 9.47 Å². The molecule has 3 aromatic rings. The van der Waals surface area contributed by atoms with Crippen LogP contribution in [0.15, 0.2) is 48.1 Å². The van der Waals surface area contributed by atoms with E-state index in [9.17, 15) is 24.6 Å². The van der Waals surface area contributed by atoms with Crippen LogP contribution >= 0.6 is 11.3 Å². The van der Waals surface area contributed by atoms with Crippen LogP contribution in [-0.2, 0) is 19.1 Å². The van der Waals surface area contributed by atoms with Crippen molar-refractivity contribution in [1.82, 2.24) is 30.4 Å². The van der Waals surface area contributed by atoms with Gasteiger partial charge in [-0.1, -0.05) is 45.0 Å². The summed E-state index contributed by atoms with van der Waals surface area (Å²) < 4.78 is 10.8. The van der Waals surface area contributed by atoms with E-state index >= 15 is 0 Å². The fourth-order valence-electron chi connectivity index (χ4n) is 6.90. The van der Waals surface area contributed by atoms with E-state index in [0.29, 0.717) is 25.3 Å². The number of hydrogen-bond donors (Lipinski definition) is 4. The molecular weight excluding hydrogens is 711 g/mol. The third-order valence-corrected chi connectivity index (χ3v) is 11.0. The van der Waals surface area contributed by atoms with Crippen molar-refractivity contribution in [1.29, 1.82) is 0 Å². The second kappa shape index (κ2) is 18.6. The number of β-amino-alcohol motifs (C(OH)–C–C–N with tert-alkyl or cyclic N) is 1. The maximum Gasteiger partial charge on any atom is 0.339 e. The largest absolute Gasteiger partial charge is 0.462 e. The number of piperazine rings is 1. The van der Waals surface area contributed by atoms with Crippen molar-refractivity contribution >= 4 is 34.9 Å². The standard InChI is InChI=1S/C39H55N7O7S/c1-7-53-38(51)29-12-13-32(40-21-29)45-16-14-44(15-17-45)18-19-52-23-33(48)43-35(39(4,5)6)37(50)46-22-30(47)20-31(46)36(49)42-25(2)27-8-10-28(11-9-27)34-26(3)41-24-54-34/h8-13,21,24-25,30-31,35,37,47,50H,7,14-20,22-23H2,1-6H3,(H,42,49)(H,43,48)/t25-,30+,31-,35?,37-/m0/s1. The van der Waals surface area contributed by atoms with Gasteiger partial charge in [0.2, 0.25) is 11.8 Å². The summed E-state index contributed by atoms with van der Waals surface area (Å²) in [6, 6.07) is 9.73. The first-order valence-corrected chi connectivity index (χ1v) is 19.5. The van der Waals surface area contributed by atoms with Crippen LogP contribution in [0.25, 0.3) is 10.4 Å². The quantitative estimate of drug-likeness (QED) is 0.132. The average molecular weight is 766 g/mol. The Bertz CT molecular complexity index is 1690. The Balaban J connectivity index is 1.08. The number of pyridine rings is 1. The van der Waals surface area contributed by atoms with Gasteiger partial charge in [0.25, 0.3) is 0 Å². The van der Waals surface area contributed by atoms with Gasteiger partial charge in [-0.2, -0.15) is 0 Å². The third kappa shape index (κ3) is 10.6. The Morgan fingerprint density at radius 2 is 1.76 bits per heavy atom. The lowest BCUT2D eigenvalue weighted by Crippen LogP contribution is -2.60. The molecule has 0 bridgehead atoms. The zero-order valence-corrected chi connectivity index (χ0v) is 33.0. The van der Waals surface area contributed by atoms with E-state index in [0.717, 1.165) is 53.7 Å². The highest BCUT2D eigenvalue weighted by atomic mass is 32.1. The van der Waals surface area contributed by atoms with Gasteiger partial charge in [-0.05, 0) is 55.9 Å². The molecule has 5 rings (SSSR count). The summed E-state index contributed by atoms with van der Waals surface area (Å²) in [5, 5.41) is 28.3. The van der Waals surface area contributed by atoms with Crippen LogP contribution in [0.3, 0.4) is 0 Å². The second-order valence-electron chi connectivity index (χ2n) is 15.1. The lowest BCUT2D eigenvalue weighted by Gasteiger charge is -2.40. The van der Waals surface area contributed by atoms with Gasteiger partial charge in [-0.25, -0.2) is 14.8 Å². The van der Waals surface area contributed by atoms with Crippen molar-refractivity contribution in [2.45, 2.75) is 78.4 Å². The predicted octanol–water partition coefficient (Wildman–Crippen LogP) is 2.99. The SMILES string of the molecule is CCOC(=O)c1ccc(N2CCN(CCOCC(=O)NC([C@H](O)N3C[C@H](O)C[C@H]3C(=O)N[C@@H](C)c3ccc(-c4scnc4C)cc3)C(C)(C)C)CC2)nc1. The summed E-state index contributed by atoms with van der Waals surface area (Å²) in [6.07, 6.45) is -0.326. The molecule has 0 radical (unpaired) electrons. The molecular formula is C39H55N7O7S. The molecule has 4 heterocycles. The molecule has 0 aliphatic carbocycles. The van der Waals surface area contributed by atoms with Gasteiger partial charge in [0.1, 0.15) is 18.7 Å². The number of anilines is 1. The maximum atomic E-state index is 13.6. The molecule has 4 N–H and O–H groups in total. The highest BCUT2D eigenvalue weighted by Gasteiger charge is 2.45. The topological polar surface area (TPSA) is 170 Å². The zero-order chi connectivity index (χ0) is 39.0. The molecule has 1 unspecified atom stereocenters. The molecule has 294 valence electrons. The molecule has 2 amide bonds. The minimum atomic E-state index is -1.23. The van der Waals surface area contributed by atoms with Crippen molar-refractivity contribution < 1.29 is 34.1 Å². The maximum absolute atomic E-state index is 13.6. The Morgan fingerprint density at radius 3 is 2.37 bits per heavy atom. The molecule has 2 aromatic heterocycles. The Hall–Kier alpha value is -3.99. The molecule has 2 saturated heterocycles. The van der Waals surface area contributed by atoms with E-state index in [2.05, 4.69) is 30.4 Å². The minimum Gasteiger partial charge on any atom is -0.462 e. The van der Waals surface area contributed by atoms with Gasteiger partial charge >= 0.3 is 5.97 Å². The molecule has 1 aromatic carbocycles. The van der Waals surface area contributed by atoms with Crippen molar-refractivity contribution in [2.75, 3.05) is 64.0 Å². The average Bonchev–Trinajstić information content (AvgIpc) is 3.77. The Kier molecular flexibility index (Phi) is 14.2. The molecule has 15 heteroatoms. The number of benzene rings is 1. The number of nitrogens with zero attached hydrogens (tertiary/aromatic N) is 5. The Morgan fingerprint density at radius 1 is 1.04 bits per heavy atom. The number of rotatable bonds is 15. The summed E-state index contributed by atoms with van der Waals surface area (Å²) in [5.74, 6) is -0.249. The first kappa shape index (κ1) is 41.2. The number of amides is 2. The Labute approximate surface area is 321 Å². The van der Waals surface area contributed by atoms with Crippen LogP contribution in [0.2, 0.25) is 0 Å². The minimum absolute atomic E-state index is 0.0950. The van der Waals surface area contributed by atoms with Gasteiger partial charge in [-0.3, -0.25) is 19.4 Å².